The quantitative estimate of drug-likeness (QED) is 0.0710. The molecule has 0 aromatic rings. The van der Waals surface area contributed by atoms with Gasteiger partial charge in [0.05, 0.1) is 75.9 Å². The van der Waals surface area contributed by atoms with Gasteiger partial charge in [0.25, 0.3) is 12.9 Å². The summed E-state index contributed by atoms with van der Waals surface area (Å²) in [5.74, 6) is -8.76. The number of hydrogen-bond donors (Lipinski definition) is 0. The standard InChI is InChI=1S/C21H24O8.C20H22O9/c1-4-11-8-12(16(19(23)26-3)13(11)9-27-10-22)6-7-15-18-17(14(5-2)28-15)20(24)29-21(18)25;1-4-11-10(8-26-9-21)15(18(22)25-3)13(27-11)6-7-14-17-16(12(5-2)28-14)19(23)29-20(17)24/h4-7,10-18H,1-2,8-9H2,3H3;4-7,9-17H,1-2,8H2,3H3. The lowest BCUT2D eigenvalue weighted by Crippen LogP contribution is -2.33. The zero-order valence-electron chi connectivity index (χ0n) is 31.9. The third-order valence-corrected chi connectivity index (χ3v) is 11.6. The van der Waals surface area contributed by atoms with Gasteiger partial charge in [-0.2, -0.15) is 0 Å². The number of hydrogen-bond acceptors (Lipinski definition) is 17. The molecule has 0 bridgehead atoms. The molecule has 6 aliphatic rings. The van der Waals surface area contributed by atoms with E-state index in [1.807, 2.05) is 6.08 Å². The van der Waals surface area contributed by atoms with Crippen LogP contribution in [0.3, 0.4) is 0 Å². The van der Waals surface area contributed by atoms with E-state index in [2.05, 4.69) is 26.3 Å². The number of cyclic esters (lactones) is 4. The van der Waals surface area contributed by atoms with Crippen LogP contribution < -0.4 is 0 Å². The first-order chi connectivity index (χ1) is 27.9. The van der Waals surface area contributed by atoms with Crippen LogP contribution in [0.15, 0.2) is 74.9 Å². The molecular weight excluding hydrogens is 764 g/mol. The molecule has 58 heavy (non-hydrogen) atoms. The summed E-state index contributed by atoms with van der Waals surface area (Å²) in [4.78, 5) is 94.0. The lowest BCUT2D eigenvalue weighted by Gasteiger charge is -2.22. The van der Waals surface area contributed by atoms with Crippen molar-refractivity contribution in [1.82, 2.24) is 0 Å². The van der Waals surface area contributed by atoms with Gasteiger partial charge in [0.2, 0.25) is 0 Å². The van der Waals surface area contributed by atoms with Gasteiger partial charge in [0, 0.05) is 11.8 Å². The van der Waals surface area contributed by atoms with E-state index in [4.69, 9.17) is 42.6 Å². The molecule has 5 heterocycles. The van der Waals surface area contributed by atoms with E-state index in [1.54, 1.807) is 24.3 Å². The van der Waals surface area contributed by atoms with Crippen LogP contribution in [-0.4, -0.2) is 113 Å². The third kappa shape index (κ3) is 8.51. The predicted molar refractivity (Wildman–Crippen MR) is 195 cm³/mol. The zero-order valence-corrected chi connectivity index (χ0v) is 31.9. The van der Waals surface area contributed by atoms with Crippen LogP contribution in [0.1, 0.15) is 6.42 Å². The molecule has 1 saturated carbocycles. The number of allylic oxidation sites excluding steroid dienone is 2. The summed E-state index contributed by atoms with van der Waals surface area (Å²) in [7, 11) is 2.56. The van der Waals surface area contributed by atoms with E-state index in [1.165, 1.54) is 32.4 Å². The molecule has 17 nitrogen and oxygen atoms in total. The molecule has 0 amide bonds. The highest BCUT2D eigenvalue weighted by atomic mass is 16.6. The van der Waals surface area contributed by atoms with Gasteiger partial charge in [-0.05, 0) is 18.3 Å². The van der Waals surface area contributed by atoms with E-state index < -0.39 is 114 Å². The largest absolute Gasteiger partial charge is 0.469 e. The number of methoxy groups -OCH3 is 2. The van der Waals surface area contributed by atoms with Gasteiger partial charge in [0.15, 0.2) is 0 Å². The Kier molecular flexibility index (Phi) is 14.5. The molecule has 16 unspecified atom stereocenters. The minimum atomic E-state index is -0.788. The van der Waals surface area contributed by atoms with Gasteiger partial charge in [0.1, 0.15) is 23.7 Å². The Morgan fingerprint density at radius 3 is 1.41 bits per heavy atom. The SMILES string of the molecule is C=CC1CC(C=CC2OC(C=C)C3C(=O)OC(=O)C23)C(C(=O)OC)C1COC=O.C=CC1OC(C=CC2OC(C=C)C3C(=O)OC(=O)C23)C(C(=O)OC)C1COC=O. The van der Waals surface area contributed by atoms with Crippen molar-refractivity contribution in [1.29, 1.82) is 0 Å². The van der Waals surface area contributed by atoms with Gasteiger partial charge in [-0.25, -0.2) is 0 Å². The van der Waals surface area contributed by atoms with Gasteiger partial charge in [-0.15, -0.1) is 26.3 Å². The Hall–Kier alpha value is -5.52. The summed E-state index contributed by atoms with van der Waals surface area (Å²) in [6, 6.07) is 0. The van der Waals surface area contributed by atoms with Crippen molar-refractivity contribution in [3.8, 4) is 0 Å². The first-order valence-electron chi connectivity index (χ1n) is 18.5. The van der Waals surface area contributed by atoms with Crippen molar-refractivity contribution in [3.05, 3.63) is 74.9 Å². The van der Waals surface area contributed by atoms with Gasteiger partial charge in [-0.3, -0.25) is 38.4 Å². The average Bonchev–Trinajstić information content (AvgIpc) is 4.06. The smallest absolute Gasteiger partial charge is 0.320 e. The normalized spacial score (nSPS) is 38.5. The highest BCUT2D eigenvalue weighted by Crippen LogP contribution is 2.46. The maximum atomic E-state index is 12.4. The summed E-state index contributed by atoms with van der Waals surface area (Å²) in [5, 5.41) is 0. The van der Waals surface area contributed by atoms with Crippen LogP contribution >= 0.6 is 0 Å². The highest BCUT2D eigenvalue weighted by Gasteiger charge is 2.59. The summed E-state index contributed by atoms with van der Waals surface area (Å²) in [6.07, 6.45) is 9.53. The van der Waals surface area contributed by atoms with Crippen LogP contribution in [0.25, 0.3) is 0 Å². The Balaban J connectivity index is 0.000000221. The second-order valence-corrected chi connectivity index (χ2v) is 14.3. The van der Waals surface area contributed by atoms with Gasteiger partial charge in [-0.1, -0.05) is 48.6 Å². The molecule has 0 radical (unpaired) electrons. The number of esters is 6. The molecule has 312 valence electrons. The molecule has 6 fully saturated rings. The fourth-order valence-corrected chi connectivity index (χ4v) is 8.87. The molecular formula is C41H46O17. The van der Waals surface area contributed by atoms with Crippen molar-refractivity contribution < 1.29 is 81.0 Å². The predicted octanol–water partition coefficient (Wildman–Crippen LogP) is 1.56. The van der Waals surface area contributed by atoms with Crippen LogP contribution in [0.2, 0.25) is 0 Å². The van der Waals surface area contributed by atoms with Gasteiger partial charge < -0.3 is 42.6 Å². The van der Waals surface area contributed by atoms with Crippen molar-refractivity contribution in [2.75, 3.05) is 27.4 Å². The fraction of sp³-hybridized carbons (Fsp3) is 0.512. The second-order valence-electron chi connectivity index (χ2n) is 14.3. The molecule has 1 aliphatic carbocycles. The zero-order chi connectivity index (χ0) is 42.3. The molecule has 0 aromatic carbocycles. The minimum Gasteiger partial charge on any atom is -0.469 e. The summed E-state index contributed by atoms with van der Waals surface area (Å²) in [6.45, 7) is 15.5. The molecule has 5 aliphatic heterocycles. The highest BCUT2D eigenvalue weighted by molar-refractivity contribution is 5.98. The molecule has 6 rings (SSSR count). The number of ether oxygens (including phenoxy) is 9. The molecule has 0 spiro atoms. The van der Waals surface area contributed by atoms with Crippen LogP contribution in [0.4, 0.5) is 0 Å². The average molecular weight is 811 g/mol. The van der Waals surface area contributed by atoms with Crippen LogP contribution in [-0.2, 0) is 81.0 Å². The number of fused-ring (bicyclic) bond motifs is 2. The Morgan fingerprint density at radius 2 is 0.966 bits per heavy atom. The van der Waals surface area contributed by atoms with E-state index in [-0.39, 0.29) is 31.0 Å². The van der Waals surface area contributed by atoms with Crippen molar-refractivity contribution in [3.63, 3.8) is 0 Å². The van der Waals surface area contributed by atoms with E-state index in [0.29, 0.717) is 19.4 Å². The molecule has 0 N–H and O–H groups in total. The van der Waals surface area contributed by atoms with Crippen LogP contribution in [0.5, 0.6) is 0 Å². The van der Waals surface area contributed by atoms with E-state index in [0.717, 1.165) is 0 Å². The number of carbonyl (C=O) groups is 8. The molecule has 17 heteroatoms. The van der Waals surface area contributed by atoms with Crippen molar-refractivity contribution >= 4 is 48.8 Å². The lowest BCUT2D eigenvalue weighted by molar-refractivity contribution is -0.158. The Labute approximate surface area is 333 Å². The van der Waals surface area contributed by atoms with Crippen molar-refractivity contribution in [2.24, 2.45) is 59.2 Å². The number of rotatable bonds is 16. The fourth-order valence-electron chi connectivity index (χ4n) is 8.87. The second kappa shape index (κ2) is 19.3. The van der Waals surface area contributed by atoms with Crippen LogP contribution in [0, 0.1) is 59.2 Å². The topological polar surface area (TPSA) is 220 Å². The Morgan fingerprint density at radius 1 is 0.552 bits per heavy atom. The summed E-state index contributed by atoms with van der Waals surface area (Å²) < 4.78 is 46.5. The van der Waals surface area contributed by atoms with E-state index >= 15 is 0 Å². The van der Waals surface area contributed by atoms with Gasteiger partial charge >= 0.3 is 35.8 Å². The molecule has 5 saturated heterocycles. The van der Waals surface area contributed by atoms with Crippen molar-refractivity contribution in [2.45, 2.75) is 43.0 Å². The minimum absolute atomic E-state index is 0.0473. The van der Waals surface area contributed by atoms with E-state index in [9.17, 15) is 38.4 Å². The summed E-state index contributed by atoms with van der Waals surface area (Å²) in [5.41, 5.74) is 0. The number of carbonyl (C=O) groups excluding carboxylic acids is 8. The molecule has 0 aromatic heterocycles. The third-order valence-electron chi connectivity index (χ3n) is 11.6. The summed E-state index contributed by atoms with van der Waals surface area (Å²) >= 11 is 0. The maximum absolute atomic E-state index is 12.4. The first kappa shape index (κ1) is 43.6. The monoisotopic (exact) mass is 810 g/mol. The maximum Gasteiger partial charge on any atom is 0.320 e. The first-order valence-corrected chi connectivity index (χ1v) is 18.5. The molecule has 16 atom stereocenters. The Bertz CT molecular complexity index is 1610. The lowest BCUT2D eigenvalue weighted by atomic mass is 9.86.